The predicted molar refractivity (Wildman–Crippen MR) is 276 cm³/mol. The van der Waals surface area contributed by atoms with Crippen LogP contribution >= 0.6 is 0 Å². The van der Waals surface area contributed by atoms with Crippen LogP contribution in [0.25, 0.3) is 0 Å². The van der Waals surface area contributed by atoms with E-state index in [4.69, 9.17) is 61.7 Å². The minimum Gasteiger partial charge on any atom is -0.414 e. The minimum absolute atomic E-state index is 1.62. The first-order valence-electron chi connectivity index (χ1n) is 18.2. The molecule has 0 amide bonds. The lowest BCUT2D eigenvalue weighted by molar-refractivity contribution is 0.311. The molecule has 0 saturated carbocycles. The Morgan fingerprint density at radius 3 is 0.217 bits per heavy atom. The Hall–Kier alpha value is -1.25. The molecule has 60 heavy (non-hydrogen) atoms. The molecule has 0 N–H and O–H groups in total. The number of hydrogen-bond acceptors (Lipinski definition) is 15. The van der Waals surface area contributed by atoms with E-state index in [0.717, 1.165) is 0 Å². The SMILES string of the molecule is C=C[SiH]1O[SiH](C=C)O[SiH](C=C)O[SiH](C=C)O[SiH](C=C)O[SiH](C=C)O[SiH](C=C)O[SiH](C=C)O[SiH](C=C)O[SiH](C=C)O[SiH](C=C)O[SiH](C=C)O[SiH](C=C)O[SiH](C=C)O[SiH](C=C)O1. The van der Waals surface area contributed by atoms with Gasteiger partial charge in [0.15, 0.2) is 0 Å². The van der Waals surface area contributed by atoms with Crippen molar-refractivity contribution < 1.29 is 61.7 Å². The van der Waals surface area contributed by atoms with Gasteiger partial charge in [-0.2, -0.15) is 0 Å². The summed E-state index contributed by atoms with van der Waals surface area (Å²) in [5, 5.41) is 0. The fourth-order valence-corrected chi connectivity index (χ4v) is 45.8. The Bertz CT molecular complexity index is 1030. The molecule has 0 aromatic carbocycles. The highest BCUT2D eigenvalue weighted by atomic mass is 28.5. The van der Waals surface area contributed by atoms with Crippen molar-refractivity contribution in [2.75, 3.05) is 0 Å². The van der Waals surface area contributed by atoms with Gasteiger partial charge in [0, 0.05) is 0 Å². The highest BCUT2D eigenvalue weighted by molar-refractivity contribution is 6.81. The summed E-state index contributed by atoms with van der Waals surface area (Å²) in [6.45, 7) is 58.9. The van der Waals surface area contributed by atoms with Crippen LogP contribution in [0.15, 0.2) is 184 Å². The van der Waals surface area contributed by atoms with E-state index in [2.05, 4.69) is 98.7 Å². The smallest absolute Gasteiger partial charge is 0.330 e. The molecule has 0 spiro atoms. The predicted octanol–water partition coefficient (Wildman–Crippen LogP) is -0.566. The second-order valence-corrected chi connectivity index (χ2v) is 45.6. The van der Waals surface area contributed by atoms with Crippen molar-refractivity contribution in [1.82, 2.24) is 0 Å². The highest BCUT2D eigenvalue weighted by Crippen LogP contribution is 2.13. The van der Waals surface area contributed by atoms with E-state index in [1.807, 2.05) is 0 Å². The van der Waals surface area contributed by atoms with Gasteiger partial charge < -0.3 is 61.7 Å². The van der Waals surface area contributed by atoms with Gasteiger partial charge in [0.05, 0.1) is 0 Å². The van der Waals surface area contributed by atoms with Gasteiger partial charge in [-0.05, 0) is 0 Å². The van der Waals surface area contributed by atoms with Crippen LogP contribution in [0.4, 0.5) is 0 Å². The summed E-state index contributed by atoms with van der Waals surface area (Å²) in [5.74, 6) is 0. The molecule has 1 aliphatic rings. The number of hydrogen-bond donors (Lipinski definition) is 0. The lowest BCUT2D eigenvalue weighted by Gasteiger charge is -2.29. The van der Waals surface area contributed by atoms with E-state index in [0.29, 0.717) is 0 Å². The Labute approximate surface area is 382 Å². The fourth-order valence-electron chi connectivity index (χ4n) is 4.13. The standard InChI is InChI=1S/C30H60O15Si15/c1-16-46-31-47(17-2)33-49(19-4)35-51(21-6)37-53(23-8)39-55(25-10)41-57(27-12)43-59(29-14)45-60(30-15)44-58(28-13)42-56(26-11)40-54(24-9)38-52(22-7)36-50(20-5)34-48(18-3)32-46/h16-30,46-60H,1-15H2. The maximum Gasteiger partial charge on any atom is 0.330 e. The number of rotatable bonds is 15. The van der Waals surface area contributed by atoms with Gasteiger partial charge in [-0.25, -0.2) is 0 Å². The third kappa shape index (κ3) is 22.4. The third-order valence-electron chi connectivity index (χ3n) is 6.91. The van der Waals surface area contributed by atoms with Crippen LogP contribution in [0, 0.1) is 0 Å². The maximum atomic E-state index is 6.31. The largest absolute Gasteiger partial charge is 0.414 e. The fraction of sp³-hybridized carbons (Fsp3) is 0. The molecule has 330 valence electrons. The highest BCUT2D eigenvalue weighted by Gasteiger charge is 2.33. The molecule has 0 aromatic heterocycles. The van der Waals surface area contributed by atoms with Gasteiger partial charge in [0.25, 0.3) is 0 Å². The van der Waals surface area contributed by atoms with Crippen molar-refractivity contribution in [2.45, 2.75) is 0 Å². The monoisotopic (exact) mass is 1080 g/mol. The zero-order chi connectivity index (χ0) is 44.9. The molecule has 1 heterocycles. The van der Waals surface area contributed by atoms with Crippen molar-refractivity contribution in [1.29, 1.82) is 0 Å². The van der Waals surface area contributed by atoms with Gasteiger partial charge in [-0.15, -0.1) is 98.7 Å². The van der Waals surface area contributed by atoms with Crippen molar-refractivity contribution in [3.63, 3.8) is 0 Å². The molecule has 0 radical (unpaired) electrons. The average Bonchev–Trinajstić information content (AvgIpc) is 3.28. The van der Waals surface area contributed by atoms with Crippen LogP contribution in [0.5, 0.6) is 0 Å². The van der Waals surface area contributed by atoms with Crippen LogP contribution in [0.1, 0.15) is 0 Å². The zero-order valence-electron chi connectivity index (χ0n) is 34.1. The van der Waals surface area contributed by atoms with Crippen LogP contribution in [0.2, 0.25) is 0 Å². The summed E-state index contributed by atoms with van der Waals surface area (Å²) in [7, 11) is -38.8. The van der Waals surface area contributed by atoms with Crippen LogP contribution in [-0.4, -0.2) is 139 Å². The molecule has 1 fully saturated rings. The summed E-state index contributed by atoms with van der Waals surface area (Å²) in [5.41, 5.74) is 24.3. The van der Waals surface area contributed by atoms with Crippen molar-refractivity contribution >= 4 is 139 Å². The first-order valence-corrected chi connectivity index (χ1v) is 42.3. The third-order valence-corrected chi connectivity index (χ3v) is 44.9. The molecule has 0 atom stereocenters. The van der Waals surface area contributed by atoms with E-state index in [-0.39, 0.29) is 0 Å². The van der Waals surface area contributed by atoms with Crippen LogP contribution in [0.3, 0.4) is 0 Å². The molecule has 30 heteroatoms. The summed E-state index contributed by atoms with van der Waals surface area (Å²) in [6, 6.07) is 0. The molecule has 0 unspecified atom stereocenters. The van der Waals surface area contributed by atoms with Crippen molar-refractivity contribution in [3.8, 4) is 0 Å². The van der Waals surface area contributed by atoms with Crippen molar-refractivity contribution in [3.05, 3.63) is 184 Å². The van der Waals surface area contributed by atoms with Gasteiger partial charge in [0.2, 0.25) is 0 Å². The first-order chi connectivity index (χ1) is 29.0. The van der Waals surface area contributed by atoms with Gasteiger partial charge in [-0.3, -0.25) is 0 Å². The Kier molecular flexibility index (Phi) is 32.4. The Morgan fingerprint density at radius 2 is 0.183 bits per heavy atom. The molecule has 0 bridgehead atoms. The van der Waals surface area contributed by atoms with Crippen molar-refractivity contribution in [2.24, 2.45) is 0 Å². The van der Waals surface area contributed by atoms with Gasteiger partial charge in [0.1, 0.15) is 0 Å². The van der Waals surface area contributed by atoms with Gasteiger partial charge in [-0.1, -0.05) is 85.5 Å². The molecule has 0 aromatic rings. The van der Waals surface area contributed by atoms with E-state index in [1.54, 1.807) is 85.5 Å². The molecule has 0 aliphatic carbocycles. The Balaban J connectivity index is 3.53. The molecule has 1 saturated heterocycles. The maximum absolute atomic E-state index is 6.31. The minimum atomic E-state index is -2.59. The summed E-state index contributed by atoms with van der Waals surface area (Å²) >= 11 is 0. The normalized spacial score (nSPS) is 35.5. The van der Waals surface area contributed by atoms with E-state index in [9.17, 15) is 0 Å². The summed E-state index contributed by atoms with van der Waals surface area (Å²) in [4.78, 5) is 0. The molecule has 1 aliphatic heterocycles. The topological polar surface area (TPSA) is 138 Å². The molecule has 1 rings (SSSR count). The average molecular weight is 1080 g/mol. The van der Waals surface area contributed by atoms with E-state index >= 15 is 0 Å². The molecule has 15 nitrogen and oxygen atoms in total. The molecular weight excluding hydrogens is 1020 g/mol. The van der Waals surface area contributed by atoms with E-state index in [1.165, 1.54) is 0 Å². The second kappa shape index (κ2) is 34.2. The summed E-state index contributed by atoms with van der Waals surface area (Å²) in [6.07, 6.45) is 0. The van der Waals surface area contributed by atoms with Gasteiger partial charge >= 0.3 is 139 Å². The zero-order valence-corrected chi connectivity index (χ0v) is 51.4. The second-order valence-electron chi connectivity index (χ2n) is 11.1. The summed E-state index contributed by atoms with van der Waals surface area (Å²) < 4.78 is 94.7. The lowest BCUT2D eigenvalue weighted by Crippen LogP contribution is -2.46. The quantitative estimate of drug-likeness (QED) is 0.194. The first kappa shape index (κ1) is 56.8. The van der Waals surface area contributed by atoms with E-state index < -0.39 is 139 Å². The van der Waals surface area contributed by atoms with Crippen LogP contribution < -0.4 is 0 Å². The van der Waals surface area contributed by atoms with Crippen LogP contribution in [-0.2, 0) is 61.7 Å². The Morgan fingerprint density at radius 1 is 0.133 bits per heavy atom. The molecular formula is C30H60O15Si15. The lowest BCUT2D eigenvalue weighted by atomic mass is 11.3.